The summed E-state index contributed by atoms with van der Waals surface area (Å²) in [5, 5.41) is 12.3. The van der Waals surface area contributed by atoms with Gasteiger partial charge < -0.3 is 42.5 Å². The standard InChI is InChI=1S/C55H97NO11Si2/c1-18-42-31-36(5)30-37(6)32-47(62-14)50-48(63-15)34-40(9)55(60,65-50)51(57)52(58)56-29-23-22-24-43(56)53(59)64-49(38(7)25-27-44(42)67-69(19-2,20-3)21-4)39(8)33-41-26-28-45(46(35-41)61-13)66-68(16,17)54(10,11)12/h27,33,37-38,40-43,45-50,60H,5,18-26,28-32,34-35H2,1-4,6-17H3/b39-33+,44-27+/t37-,38+,40+,41-,42+,43-,45+,46+,47-,48-,49-,50+,55+/m0/s1. The van der Waals surface area contributed by atoms with E-state index in [0.29, 0.717) is 32.1 Å². The van der Waals surface area contributed by atoms with Crippen LogP contribution in [0.2, 0.25) is 36.3 Å². The number of piperidine rings is 1. The fourth-order valence-electron chi connectivity index (χ4n) is 11.3. The van der Waals surface area contributed by atoms with Gasteiger partial charge >= 0.3 is 5.97 Å². The van der Waals surface area contributed by atoms with E-state index in [-0.39, 0.29) is 53.9 Å². The van der Waals surface area contributed by atoms with Gasteiger partial charge in [0.15, 0.2) is 8.32 Å². The normalized spacial score (nSPS) is 35.6. The second-order valence-corrected chi connectivity index (χ2v) is 32.6. The summed E-state index contributed by atoms with van der Waals surface area (Å²) in [6.45, 7) is 33.2. The van der Waals surface area contributed by atoms with Crippen molar-refractivity contribution in [3.05, 3.63) is 35.6 Å². The lowest BCUT2D eigenvalue weighted by Crippen LogP contribution is -2.64. The van der Waals surface area contributed by atoms with Gasteiger partial charge in [-0.15, -0.1) is 0 Å². The molecule has 2 bridgehead atoms. The fourth-order valence-corrected chi connectivity index (χ4v) is 15.3. The highest BCUT2D eigenvalue weighted by molar-refractivity contribution is 6.74. The van der Waals surface area contributed by atoms with E-state index in [4.69, 9.17) is 32.5 Å². The number of rotatable bonds is 13. The summed E-state index contributed by atoms with van der Waals surface area (Å²) >= 11 is 0. The lowest BCUT2D eigenvalue weighted by molar-refractivity contribution is -0.302. The first-order chi connectivity index (χ1) is 32.4. The van der Waals surface area contributed by atoms with Gasteiger partial charge in [0.25, 0.3) is 11.7 Å². The topological polar surface area (TPSA) is 139 Å². The highest BCUT2D eigenvalue weighted by Gasteiger charge is 2.57. The number of carbonyl (C=O) groups excluding carboxylic acids is 3. The number of aliphatic hydroxyl groups is 1. The number of nitrogens with zero attached hydrogens (tertiary/aromatic N) is 1. The number of methoxy groups -OCH3 is 3. The number of hydrogen-bond acceptors (Lipinski definition) is 11. The van der Waals surface area contributed by atoms with Crippen LogP contribution in [0.25, 0.3) is 0 Å². The van der Waals surface area contributed by atoms with Crippen LogP contribution in [0.5, 0.6) is 0 Å². The molecule has 3 aliphatic heterocycles. The number of carbonyl (C=O) groups is 3. The van der Waals surface area contributed by atoms with Crippen molar-refractivity contribution in [3.8, 4) is 0 Å². The summed E-state index contributed by atoms with van der Waals surface area (Å²) < 4.78 is 45.5. The van der Waals surface area contributed by atoms with E-state index in [0.717, 1.165) is 73.6 Å². The Hall–Kier alpha value is -2.18. The highest BCUT2D eigenvalue weighted by atomic mass is 28.4. The van der Waals surface area contributed by atoms with Crippen LogP contribution in [0.1, 0.15) is 153 Å². The van der Waals surface area contributed by atoms with Crippen molar-refractivity contribution in [2.24, 2.45) is 29.6 Å². The minimum absolute atomic E-state index is 0.0115. The zero-order valence-corrected chi connectivity index (χ0v) is 48.1. The molecule has 3 heterocycles. The highest BCUT2D eigenvalue weighted by Crippen LogP contribution is 2.43. The first kappa shape index (κ1) is 59.4. The van der Waals surface area contributed by atoms with Gasteiger partial charge in [-0.3, -0.25) is 9.59 Å². The zero-order valence-electron chi connectivity index (χ0n) is 46.1. The average Bonchev–Trinajstić information content (AvgIpc) is 3.31. The van der Waals surface area contributed by atoms with Crippen molar-refractivity contribution in [2.45, 2.75) is 238 Å². The lowest BCUT2D eigenvalue weighted by atomic mass is 9.81. The molecule has 14 heteroatoms. The molecule has 0 aromatic heterocycles. The number of fused-ring (bicyclic) bond motifs is 3. The molecule has 1 amide bonds. The molecule has 396 valence electrons. The smallest absolute Gasteiger partial charge is 0.329 e. The molecular weight excluding hydrogens is 907 g/mol. The molecule has 0 radical (unpaired) electrons. The van der Waals surface area contributed by atoms with Crippen LogP contribution in [-0.4, -0.2) is 121 Å². The second-order valence-electron chi connectivity index (χ2n) is 23.1. The van der Waals surface area contributed by atoms with Gasteiger partial charge in [-0.05, 0) is 144 Å². The number of ether oxygens (including phenoxy) is 5. The maximum atomic E-state index is 14.8. The minimum atomic E-state index is -2.46. The number of hydrogen-bond donors (Lipinski definition) is 1. The van der Waals surface area contributed by atoms with E-state index < -0.39 is 76.5 Å². The predicted octanol–water partition coefficient (Wildman–Crippen LogP) is 11.5. The van der Waals surface area contributed by atoms with E-state index in [1.165, 1.54) is 4.90 Å². The third-order valence-corrected chi connectivity index (χ3v) is 26.2. The van der Waals surface area contributed by atoms with Crippen LogP contribution in [0.3, 0.4) is 0 Å². The Morgan fingerprint density at radius 1 is 0.884 bits per heavy atom. The molecule has 0 spiro atoms. The molecule has 2 saturated heterocycles. The molecule has 4 rings (SSSR count). The monoisotopic (exact) mass is 1000 g/mol. The Kier molecular flexibility index (Phi) is 22.1. The van der Waals surface area contributed by atoms with E-state index in [1.54, 1.807) is 28.3 Å². The van der Waals surface area contributed by atoms with Gasteiger partial charge in [0.05, 0.1) is 30.2 Å². The molecule has 0 unspecified atom stereocenters. The summed E-state index contributed by atoms with van der Waals surface area (Å²) in [5.74, 6) is -4.60. The third kappa shape index (κ3) is 14.5. The van der Waals surface area contributed by atoms with Crippen molar-refractivity contribution >= 4 is 34.3 Å². The maximum Gasteiger partial charge on any atom is 0.329 e. The Labute approximate surface area is 420 Å². The van der Waals surface area contributed by atoms with Gasteiger partial charge in [0, 0.05) is 45.6 Å². The Morgan fingerprint density at radius 3 is 2.09 bits per heavy atom. The minimum Gasteiger partial charge on any atom is -0.547 e. The van der Waals surface area contributed by atoms with E-state index in [9.17, 15) is 19.5 Å². The van der Waals surface area contributed by atoms with Crippen molar-refractivity contribution in [1.82, 2.24) is 4.90 Å². The Balaban J connectivity index is 1.83. The molecule has 12 nitrogen and oxygen atoms in total. The summed E-state index contributed by atoms with van der Waals surface area (Å²) in [6, 6.07) is 2.00. The molecule has 3 fully saturated rings. The number of esters is 1. The molecule has 1 N–H and O–H groups in total. The summed E-state index contributed by atoms with van der Waals surface area (Å²) in [4.78, 5) is 45.2. The number of ketones is 1. The van der Waals surface area contributed by atoms with E-state index >= 15 is 0 Å². The fraction of sp³-hybridized carbons (Fsp3) is 0.836. The zero-order chi connectivity index (χ0) is 51.6. The molecule has 1 aliphatic carbocycles. The van der Waals surface area contributed by atoms with Gasteiger partial charge in [-0.1, -0.05) is 87.5 Å². The molecule has 0 aromatic rings. The van der Waals surface area contributed by atoms with Crippen LogP contribution in [0, 0.1) is 29.6 Å². The van der Waals surface area contributed by atoms with Crippen LogP contribution < -0.4 is 0 Å². The first-order valence-electron chi connectivity index (χ1n) is 26.8. The predicted molar refractivity (Wildman–Crippen MR) is 279 cm³/mol. The summed E-state index contributed by atoms with van der Waals surface area (Å²) in [5.41, 5.74) is 2.05. The Morgan fingerprint density at radius 2 is 1.51 bits per heavy atom. The Bertz CT molecular complexity index is 1770. The van der Waals surface area contributed by atoms with Crippen molar-refractivity contribution in [3.63, 3.8) is 0 Å². The van der Waals surface area contributed by atoms with Gasteiger partial charge in [0.2, 0.25) is 14.1 Å². The maximum absolute atomic E-state index is 14.8. The van der Waals surface area contributed by atoms with Crippen molar-refractivity contribution in [2.75, 3.05) is 27.9 Å². The van der Waals surface area contributed by atoms with Gasteiger partial charge in [-0.25, -0.2) is 4.79 Å². The van der Waals surface area contributed by atoms with Crippen LogP contribution >= 0.6 is 0 Å². The number of allylic oxidation sites excluding steroid dienone is 4. The van der Waals surface area contributed by atoms with Gasteiger partial charge in [0.1, 0.15) is 18.2 Å². The first-order valence-corrected chi connectivity index (χ1v) is 32.3. The molecular formula is C55H97NO11Si2. The van der Waals surface area contributed by atoms with Crippen LogP contribution in [0.15, 0.2) is 35.6 Å². The lowest BCUT2D eigenvalue weighted by Gasteiger charge is -2.47. The number of cyclic esters (lactones) is 1. The third-order valence-electron chi connectivity index (χ3n) is 17.2. The number of amides is 1. The molecule has 13 atom stereocenters. The van der Waals surface area contributed by atoms with Crippen LogP contribution in [0.4, 0.5) is 0 Å². The van der Waals surface area contributed by atoms with Crippen LogP contribution in [-0.2, 0) is 46.9 Å². The second kappa shape index (κ2) is 25.7. The molecule has 0 aromatic carbocycles. The molecule has 1 saturated carbocycles. The molecule has 69 heavy (non-hydrogen) atoms. The van der Waals surface area contributed by atoms with E-state index in [1.807, 2.05) is 0 Å². The quantitative estimate of drug-likeness (QED) is 0.0816. The van der Waals surface area contributed by atoms with Gasteiger partial charge in [-0.2, -0.15) is 0 Å². The largest absolute Gasteiger partial charge is 0.547 e. The molecule has 4 aliphatic rings. The average molecular weight is 1000 g/mol. The van der Waals surface area contributed by atoms with Crippen molar-refractivity contribution in [1.29, 1.82) is 0 Å². The number of Topliss-reactive ketones (excluding diaryl/α,β-unsaturated/α-hetero) is 1. The van der Waals surface area contributed by atoms with Crippen molar-refractivity contribution < 1.29 is 52.0 Å². The summed E-state index contributed by atoms with van der Waals surface area (Å²) in [7, 11) is 0.807. The van der Waals surface area contributed by atoms with E-state index in [2.05, 4.69) is 101 Å². The summed E-state index contributed by atoms with van der Waals surface area (Å²) in [6.07, 6.45) is 9.89. The SMILES string of the molecule is C=C1C[C@H](C)C[C@H](OC)[C@H]2O[C@@](O)(C(=O)C(=O)N3CCCC[C@H]3C(=O)O[C@H](/C(C)=C/[C@@H]3CC[C@@H](O[Si](C)(C)C(C)(C)C)[C@H](OC)C3)[C@H](C)C/C=C(/O[Si](CC)(CC)CC)[C@H](CC)C1)[C@H](C)C[C@@H]2OC.